The van der Waals surface area contributed by atoms with Crippen LogP contribution in [0.2, 0.25) is 5.02 Å². The van der Waals surface area contributed by atoms with Crippen LogP contribution in [0.25, 0.3) is 0 Å². The summed E-state index contributed by atoms with van der Waals surface area (Å²) in [4.78, 5) is 2.54. The molecule has 1 fully saturated rings. The summed E-state index contributed by atoms with van der Waals surface area (Å²) in [6, 6.07) is 4.13. The van der Waals surface area contributed by atoms with Crippen molar-refractivity contribution in [2.75, 3.05) is 32.8 Å². The molecule has 1 aromatic rings. The van der Waals surface area contributed by atoms with Gasteiger partial charge in [0.25, 0.3) is 0 Å². The van der Waals surface area contributed by atoms with Gasteiger partial charge in [-0.2, -0.15) is 0 Å². The summed E-state index contributed by atoms with van der Waals surface area (Å²) < 4.78 is 5.81. The van der Waals surface area contributed by atoms with Gasteiger partial charge in [0.2, 0.25) is 0 Å². The van der Waals surface area contributed by atoms with E-state index in [4.69, 9.17) is 16.3 Å². The van der Waals surface area contributed by atoms with Crippen molar-refractivity contribution in [3.05, 3.63) is 28.3 Å². The normalized spacial score (nSPS) is 18.6. The molecule has 2 aliphatic rings. The summed E-state index contributed by atoms with van der Waals surface area (Å²) in [5, 5.41) is 4.31. The van der Waals surface area contributed by atoms with E-state index in [1.807, 2.05) is 0 Å². The van der Waals surface area contributed by atoms with Gasteiger partial charge in [0.15, 0.2) is 0 Å². The Labute approximate surface area is 144 Å². The van der Waals surface area contributed by atoms with E-state index >= 15 is 0 Å². The molecule has 0 bridgehead atoms. The summed E-state index contributed by atoms with van der Waals surface area (Å²) in [5.41, 5.74) is 2.54. The smallest absolute Gasteiger partial charge is 0.127 e. The minimum absolute atomic E-state index is 0. The Morgan fingerprint density at radius 1 is 1.32 bits per heavy atom. The number of hydrogen-bond acceptors (Lipinski definition) is 3. The molecule has 0 unspecified atom stereocenters. The van der Waals surface area contributed by atoms with Gasteiger partial charge in [-0.15, -0.1) is 12.4 Å². The molecule has 3 nitrogen and oxygen atoms in total. The topological polar surface area (TPSA) is 24.5 Å². The summed E-state index contributed by atoms with van der Waals surface area (Å²) >= 11 is 6.24. The van der Waals surface area contributed by atoms with Gasteiger partial charge >= 0.3 is 0 Å². The van der Waals surface area contributed by atoms with Gasteiger partial charge in [-0.1, -0.05) is 18.5 Å². The summed E-state index contributed by atoms with van der Waals surface area (Å²) in [7, 11) is 0. The van der Waals surface area contributed by atoms with Crippen molar-refractivity contribution in [1.29, 1.82) is 0 Å². The van der Waals surface area contributed by atoms with Crippen LogP contribution in [0.1, 0.15) is 30.9 Å². The first-order valence-corrected chi connectivity index (χ1v) is 8.51. The fraction of sp³-hybridized carbons (Fsp3) is 0.647. The Bertz CT molecular complexity index is 488. The summed E-state index contributed by atoms with van der Waals surface area (Å²) in [6.07, 6.45) is 3.57. The van der Waals surface area contributed by atoms with Crippen LogP contribution in [0, 0.1) is 5.92 Å². The molecule has 22 heavy (non-hydrogen) atoms. The van der Waals surface area contributed by atoms with Crippen LogP contribution < -0.4 is 10.1 Å². The molecular formula is C17H26Cl2N2O. The zero-order valence-electron chi connectivity index (χ0n) is 13.2. The second-order valence-electron chi connectivity index (χ2n) is 6.18. The third kappa shape index (κ3) is 4.29. The third-order valence-electron chi connectivity index (χ3n) is 4.61. The van der Waals surface area contributed by atoms with E-state index in [2.05, 4.69) is 29.3 Å². The van der Waals surface area contributed by atoms with Crippen LogP contribution in [0.3, 0.4) is 0 Å². The van der Waals surface area contributed by atoms with E-state index in [1.54, 1.807) is 0 Å². The van der Waals surface area contributed by atoms with Crippen LogP contribution in [0.4, 0.5) is 0 Å². The first kappa shape index (κ1) is 17.9. The number of halogens is 2. The maximum absolute atomic E-state index is 6.24. The number of benzene rings is 1. The highest BCUT2D eigenvalue weighted by Crippen LogP contribution is 2.34. The molecule has 5 heteroatoms. The molecule has 1 saturated heterocycles. The fourth-order valence-electron chi connectivity index (χ4n) is 3.40. The number of rotatable bonds is 5. The second kappa shape index (κ2) is 8.39. The van der Waals surface area contributed by atoms with Crippen molar-refractivity contribution in [3.63, 3.8) is 0 Å². The van der Waals surface area contributed by atoms with E-state index < -0.39 is 0 Å². The van der Waals surface area contributed by atoms with Crippen LogP contribution in [0.5, 0.6) is 5.75 Å². The van der Waals surface area contributed by atoms with E-state index in [1.165, 1.54) is 43.6 Å². The van der Waals surface area contributed by atoms with E-state index in [9.17, 15) is 0 Å². The Kier molecular flexibility index (Phi) is 6.82. The van der Waals surface area contributed by atoms with Gasteiger partial charge in [0, 0.05) is 23.6 Å². The first-order chi connectivity index (χ1) is 10.3. The average molecular weight is 345 g/mol. The zero-order valence-corrected chi connectivity index (χ0v) is 14.8. The second-order valence-corrected chi connectivity index (χ2v) is 6.62. The molecule has 0 atom stereocenters. The van der Waals surface area contributed by atoms with Crippen LogP contribution in [0.15, 0.2) is 12.1 Å². The molecule has 1 aromatic carbocycles. The Balaban J connectivity index is 0.00000176. The number of ether oxygens (including phenoxy) is 1. The minimum Gasteiger partial charge on any atom is -0.493 e. The van der Waals surface area contributed by atoms with Crippen LogP contribution >= 0.6 is 24.0 Å². The first-order valence-electron chi connectivity index (χ1n) is 8.13. The van der Waals surface area contributed by atoms with Gasteiger partial charge in [-0.25, -0.2) is 0 Å². The maximum Gasteiger partial charge on any atom is 0.127 e. The molecule has 3 rings (SSSR count). The number of fused-ring (bicyclic) bond motifs is 1. The highest BCUT2D eigenvalue weighted by Gasteiger charge is 2.22. The molecule has 1 N–H and O–H groups in total. The molecule has 0 aliphatic carbocycles. The number of piperidine rings is 1. The van der Waals surface area contributed by atoms with Crippen molar-refractivity contribution < 1.29 is 4.74 Å². The Morgan fingerprint density at radius 3 is 2.82 bits per heavy atom. The molecule has 2 aliphatic heterocycles. The lowest BCUT2D eigenvalue weighted by Crippen LogP contribution is -2.36. The maximum atomic E-state index is 6.24. The molecule has 0 saturated carbocycles. The van der Waals surface area contributed by atoms with E-state index in [0.717, 1.165) is 42.8 Å². The summed E-state index contributed by atoms with van der Waals surface area (Å²) in [5.74, 6) is 1.93. The predicted molar refractivity (Wildman–Crippen MR) is 94.4 cm³/mol. The average Bonchev–Trinajstić information content (AvgIpc) is 2.95. The number of nitrogens with one attached hydrogen (secondary N) is 1. The molecule has 0 aromatic heterocycles. The van der Waals surface area contributed by atoms with Gasteiger partial charge in [0.05, 0.1) is 6.61 Å². The third-order valence-corrected chi connectivity index (χ3v) is 4.83. The standard InChI is InChI=1S/C17H25ClN2O.ClH/c1-2-19-11-13-3-6-20(7-4-13)12-15-10-16(18)9-14-5-8-21-17(14)15;/h9-10,13,19H,2-8,11-12H2,1H3;1H. The van der Waals surface area contributed by atoms with Gasteiger partial charge < -0.3 is 10.1 Å². The van der Waals surface area contributed by atoms with E-state index in [-0.39, 0.29) is 12.4 Å². The fourth-order valence-corrected chi connectivity index (χ4v) is 3.66. The molecule has 124 valence electrons. The number of hydrogen-bond donors (Lipinski definition) is 1. The quantitative estimate of drug-likeness (QED) is 0.884. The lowest BCUT2D eigenvalue weighted by molar-refractivity contribution is 0.174. The minimum atomic E-state index is 0. The van der Waals surface area contributed by atoms with Crippen molar-refractivity contribution in [3.8, 4) is 5.75 Å². The van der Waals surface area contributed by atoms with Crippen LogP contribution in [-0.4, -0.2) is 37.7 Å². The van der Waals surface area contributed by atoms with Gasteiger partial charge in [0.1, 0.15) is 5.75 Å². The molecular weight excluding hydrogens is 319 g/mol. The lowest BCUT2D eigenvalue weighted by Gasteiger charge is -2.32. The predicted octanol–water partition coefficient (Wildman–Crippen LogP) is 3.52. The lowest BCUT2D eigenvalue weighted by atomic mass is 9.96. The summed E-state index contributed by atoms with van der Waals surface area (Å²) in [6.45, 7) is 8.54. The number of likely N-dealkylation sites (tertiary alicyclic amines) is 1. The van der Waals surface area contributed by atoms with Crippen molar-refractivity contribution in [1.82, 2.24) is 10.2 Å². The monoisotopic (exact) mass is 344 g/mol. The Morgan fingerprint density at radius 2 is 2.09 bits per heavy atom. The van der Waals surface area contributed by atoms with Gasteiger partial charge in [-0.3, -0.25) is 4.90 Å². The zero-order chi connectivity index (χ0) is 14.7. The van der Waals surface area contributed by atoms with Crippen LogP contribution in [-0.2, 0) is 13.0 Å². The highest BCUT2D eigenvalue weighted by molar-refractivity contribution is 6.30. The number of nitrogens with zero attached hydrogens (tertiary/aromatic N) is 1. The van der Waals surface area contributed by atoms with Crippen molar-refractivity contribution in [2.24, 2.45) is 5.92 Å². The van der Waals surface area contributed by atoms with E-state index in [0.29, 0.717) is 0 Å². The molecule has 2 heterocycles. The van der Waals surface area contributed by atoms with Gasteiger partial charge in [-0.05, 0) is 62.6 Å². The van der Waals surface area contributed by atoms with Crippen molar-refractivity contribution in [2.45, 2.75) is 32.7 Å². The Hall–Kier alpha value is -0.480. The largest absolute Gasteiger partial charge is 0.493 e. The highest BCUT2D eigenvalue weighted by atomic mass is 35.5. The SMILES string of the molecule is CCNCC1CCN(Cc2cc(Cl)cc3c2OCC3)CC1.Cl. The molecule has 0 amide bonds. The van der Waals surface area contributed by atoms with Crippen molar-refractivity contribution >= 4 is 24.0 Å². The molecule has 0 spiro atoms. The molecule has 0 radical (unpaired) electrons.